The highest BCUT2D eigenvalue weighted by molar-refractivity contribution is 9.10. The van der Waals surface area contributed by atoms with Crippen molar-refractivity contribution in [2.24, 2.45) is 0 Å². The quantitative estimate of drug-likeness (QED) is 0.879. The first-order valence-electron chi connectivity index (χ1n) is 5.63. The summed E-state index contributed by atoms with van der Waals surface area (Å²) in [7, 11) is 0. The molecular weight excluding hydrogens is 296 g/mol. The van der Waals surface area contributed by atoms with E-state index in [1.165, 1.54) is 0 Å². The average Bonchev–Trinajstić information content (AvgIpc) is 2.67. The van der Waals surface area contributed by atoms with Crippen LogP contribution in [0.2, 0.25) is 0 Å². The Morgan fingerprint density at radius 1 is 1.61 bits per heavy atom. The summed E-state index contributed by atoms with van der Waals surface area (Å²) < 4.78 is 2.18. The Bertz CT molecular complexity index is 576. The van der Waals surface area contributed by atoms with Gasteiger partial charge in [0.1, 0.15) is 11.2 Å². The first kappa shape index (κ1) is 14.4. The normalized spacial score (nSPS) is 9.72. The number of hydrogen-bond donors (Lipinski definition) is 1. The molecule has 18 heavy (non-hydrogen) atoms. The van der Waals surface area contributed by atoms with Crippen LogP contribution in [0.4, 0.5) is 0 Å². The number of rotatable bonds is 3. The van der Waals surface area contributed by atoms with Crippen LogP contribution in [0.1, 0.15) is 24.3 Å². The molecule has 0 fully saturated rings. The van der Waals surface area contributed by atoms with Crippen molar-refractivity contribution >= 4 is 32.9 Å². The molecule has 0 atom stereocenters. The zero-order valence-electron chi connectivity index (χ0n) is 10.4. The lowest BCUT2D eigenvalue weighted by Crippen LogP contribution is -2.07. The Morgan fingerprint density at radius 2 is 2.28 bits per heavy atom. The van der Waals surface area contributed by atoms with Gasteiger partial charge in [-0.05, 0) is 28.1 Å². The van der Waals surface area contributed by atoms with Crippen molar-refractivity contribution < 1.29 is 9.90 Å². The van der Waals surface area contributed by atoms with Crippen LogP contribution in [0.5, 0.6) is 0 Å². The van der Waals surface area contributed by atoms with Crippen molar-refractivity contribution in [1.29, 1.82) is 0 Å². The molecule has 0 bridgehead atoms. The number of carboxylic acid groups (broad SMARTS) is 1. The van der Waals surface area contributed by atoms with E-state index in [-0.39, 0.29) is 5.69 Å². The molecule has 0 aliphatic carbocycles. The van der Waals surface area contributed by atoms with Gasteiger partial charge in [0, 0.05) is 12.7 Å². The van der Waals surface area contributed by atoms with Gasteiger partial charge in [-0.25, -0.2) is 4.79 Å². The lowest BCUT2D eigenvalue weighted by atomic mass is 10.4. The Morgan fingerprint density at radius 3 is 2.83 bits per heavy atom. The number of allylic oxidation sites excluding steroid dienone is 1. The predicted octanol–water partition coefficient (Wildman–Crippen LogP) is 3.71. The molecule has 2 aromatic heterocycles. The number of carboxylic acids is 1. The molecule has 96 valence electrons. The van der Waals surface area contributed by atoms with Gasteiger partial charge in [0.25, 0.3) is 0 Å². The van der Waals surface area contributed by atoms with E-state index in [0.29, 0.717) is 16.5 Å². The Labute approximate surface area is 114 Å². The van der Waals surface area contributed by atoms with Gasteiger partial charge in [0.15, 0.2) is 0 Å². The first-order valence-corrected chi connectivity index (χ1v) is 6.43. The topological polar surface area (TPSA) is 55.1 Å². The monoisotopic (exact) mass is 310 g/mol. The van der Waals surface area contributed by atoms with Crippen LogP contribution in [-0.4, -0.2) is 20.6 Å². The van der Waals surface area contributed by atoms with E-state index in [9.17, 15) is 4.79 Å². The molecule has 1 N–H and O–H groups in total. The van der Waals surface area contributed by atoms with Crippen molar-refractivity contribution in [3.05, 3.63) is 41.2 Å². The maximum atomic E-state index is 11.2. The Hall–Kier alpha value is -1.62. The van der Waals surface area contributed by atoms with Crippen LogP contribution in [-0.2, 0) is 6.54 Å². The lowest BCUT2D eigenvalue weighted by Gasteiger charge is -2.03. The molecule has 2 rings (SSSR count). The molecule has 0 aromatic carbocycles. The summed E-state index contributed by atoms with van der Waals surface area (Å²) in [6.07, 6.45) is 3.29. The standard InChI is InChI=1S/C11H9BrN2O2.C2H6/c1-2-6-14-7-4-3-5-13-9(7)8(12)10(14)11(15)16;1-2/h2-5H,1,6H2,(H,15,16);1-2H3. The van der Waals surface area contributed by atoms with Crippen LogP contribution in [0.25, 0.3) is 11.0 Å². The molecule has 0 aliphatic rings. The van der Waals surface area contributed by atoms with Crippen LogP contribution < -0.4 is 0 Å². The molecule has 5 heteroatoms. The number of hydrogen-bond acceptors (Lipinski definition) is 2. The van der Waals surface area contributed by atoms with Gasteiger partial charge in [-0.2, -0.15) is 0 Å². The van der Waals surface area contributed by atoms with Gasteiger partial charge < -0.3 is 9.67 Å². The molecule has 0 spiro atoms. The van der Waals surface area contributed by atoms with Gasteiger partial charge >= 0.3 is 5.97 Å². The number of nitrogens with zero attached hydrogens (tertiary/aromatic N) is 2. The summed E-state index contributed by atoms with van der Waals surface area (Å²) in [6.45, 7) is 8.06. The number of halogens is 1. The second-order valence-electron chi connectivity index (χ2n) is 3.24. The summed E-state index contributed by atoms with van der Waals surface area (Å²) in [6, 6.07) is 3.61. The van der Waals surface area contributed by atoms with Crippen LogP contribution in [0, 0.1) is 0 Å². The SMILES string of the molecule is C=CCn1c(C(=O)O)c(Br)c2ncccc21.CC. The molecule has 0 aliphatic heterocycles. The zero-order valence-corrected chi connectivity index (χ0v) is 11.9. The van der Waals surface area contributed by atoms with E-state index in [1.54, 1.807) is 22.9 Å². The van der Waals surface area contributed by atoms with Crippen LogP contribution in [0.15, 0.2) is 35.5 Å². The summed E-state index contributed by atoms with van der Waals surface area (Å²) >= 11 is 3.27. The molecule has 0 radical (unpaired) electrons. The molecule has 2 aromatic rings. The smallest absolute Gasteiger partial charge is 0.353 e. The third-order valence-corrected chi connectivity index (χ3v) is 3.03. The molecule has 0 saturated heterocycles. The third kappa shape index (κ3) is 2.46. The summed E-state index contributed by atoms with van der Waals surface area (Å²) in [5.41, 5.74) is 1.64. The highest BCUT2D eigenvalue weighted by atomic mass is 79.9. The third-order valence-electron chi connectivity index (χ3n) is 2.28. The summed E-state index contributed by atoms with van der Waals surface area (Å²) in [5, 5.41) is 9.16. The van der Waals surface area contributed by atoms with Gasteiger partial charge in [0.2, 0.25) is 0 Å². The summed E-state index contributed by atoms with van der Waals surface area (Å²) in [4.78, 5) is 15.3. The van der Waals surface area contributed by atoms with Crippen molar-refractivity contribution in [3.8, 4) is 0 Å². The van der Waals surface area contributed by atoms with E-state index in [2.05, 4.69) is 27.5 Å². The molecule has 0 amide bonds. The minimum atomic E-state index is -0.980. The van der Waals surface area contributed by atoms with Gasteiger partial charge in [-0.1, -0.05) is 19.9 Å². The lowest BCUT2D eigenvalue weighted by molar-refractivity contribution is 0.0685. The minimum Gasteiger partial charge on any atom is -0.477 e. The number of aromatic nitrogens is 2. The molecular formula is C13H15BrN2O2. The number of carbonyl (C=O) groups is 1. The maximum absolute atomic E-state index is 11.2. The fourth-order valence-electron chi connectivity index (χ4n) is 1.66. The van der Waals surface area contributed by atoms with E-state index in [4.69, 9.17) is 5.11 Å². The Kier molecular flexibility index (Phi) is 5.09. The van der Waals surface area contributed by atoms with E-state index >= 15 is 0 Å². The fraction of sp³-hybridized carbons (Fsp3) is 0.231. The van der Waals surface area contributed by atoms with Gasteiger partial charge in [-0.3, -0.25) is 4.98 Å². The summed E-state index contributed by atoms with van der Waals surface area (Å²) in [5.74, 6) is -0.980. The largest absolute Gasteiger partial charge is 0.477 e. The number of pyridine rings is 1. The van der Waals surface area contributed by atoms with Crippen LogP contribution >= 0.6 is 15.9 Å². The van der Waals surface area contributed by atoms with Crippen molar-refractivity contribution in [1.82, 2.24) is 9.55 Å². The van der Waals surface area contributed by atoms with E-state index in [1.807, 2.05) is 19.9 Å². The molecule has 4 nitrogen and oxygen atoms in total. The fourth-order valence-corrected chi connectivity index (χ4v) is 2.35. The van der Waals surface area contributed by atoms with E-state index in [0.717, 1.165) is 5.52 Å². The molecule has 0 saturated carbocycles. The van der Waals surface area contributed by atoms with Crippen molar-refractivity contribution in [2.45, 2.75) is 20.4 Å². The minimum absolute atomic E-state index is 0.202. The number of fused-ring (bicyclic) bond motifs is 1. The van der Waals surface area contributed by atoms with Crippen LogP contribution in [0.3, 0.4) is 0 Å². The predicted molar refractivity (Wildman–Crippen MR) is 75.9 cm³/mol. The Balaban J connectivity index is 0.000000771. The van der Waals surface area contributed by atoms with Crippen molar-refractivity contribution in [2.75, 3.05) is 0 Å². The second-order valence-corrected chi connectivity index (χ2v) is 4.03. The van der Waals surface area contributed by atoms with Crippen molar-refractivity contribution in [3.63, 3.8) is 0 Å². The molecule has 2 heterocycles. The maximum Gasteiger partial charge on any atom is 0.353 e. The van der Waals surface area contributed by atoms with E-state index < -0.39 is 5.97 Å². The second kappa shape index (κ2) is 6.35. The molecule has 0 unspecified atom stereocenters. The first-order chi connectivity index (χ1) is 8.66. The highest BCUT2D eigenvalue weighted by Gasteiger charge is 2.20. The van der Waals surface area contributed by atoms with Gasteiger partial charge in [0.05, 0.1) is 9.99 Å². The highest BCUT2D eigenvalue weighted by Crippen LogP contribution is 2.29. The number of aromatic carboxylic acids is 1. The zero-order chi connectivity index (χ0) is 13.7. The average molecular weight is 311 g/mol. The van der Waals surface area contributed by atoms with Gasteiger partial charge in [-0.15, -0.1) is 6.58 Å².